The molecule has 132 valence electrons. The number of aliphatic carboxylic acids is 1. The summed E-state index contributed by atoms with van der Waals surface area (Å²) >= 11 is 0. The molecule has 0 fully saturated rings. The van der Waals surface area contributed by atoms with E-state index in [-0.39, 0.29) is 5.56 Å². The average molecular weight is 347 g/mol. The fourth-order valence-corrected chi connectivity index (χ4v) is 2.00. The number of amides is 2. The first-order valence-corrected chi connectivity index (χ1v) is 7.33. The fourth-order valence-electron chi connectivity index (χ4n) is 2.00. The highest BCUT2D eigenvalue weighted by atomic mass is 16.4. The van der Waals surface area contributed by atoms with Crippen LogP contribution in [0.2, 0.25) is 0 Å². The smallest absolute Gasteiger partial charge is 0.337 e. The van der Waals surface area contributed by atoms with Crippen molar-refractivity contribution in [3.8, 4) is 0 Å². The Morgan fingerprint density at radius 1 is 1.20 bits per heavy atom. The van der Waals surface area contributed by atoms with Crippen LogP contribution in [-0.2, 0) is 9.59 Å². The SMILES string of the molecule is CC(O)(CNC(=O)CNC(=O)c1c[nH]c2ccccc2c1=O)C(=O)O. The maximum Gasteiger partial charge on any atom is 0.337 e. The lowest BCUT2D eigenvalue weighted by Crippen LogP contribution is -2.48. The Labute approximate surface area is 141 Å². The van der Waals surface area contributed by atoms with E-state index in [1.807, 2.05) is 0 Å². The monoisotopic (exact) mass is 347 g/mol. The van der Waals surface area contributed by atoms with Gasteiger partial charge in [0.05, 0.1) is 13.1 Å². The zero-order chi connectivity index (χ0) is 18.6. The number of nitrogens with one attached hydrogen (secondary N) is 3. The van der Waals surface area contributed by atoms with Gasteiger partial charge < -0.3 is 25.8 Å². The third kappa shape index (κ3) is 4.21. The molecule has 0 aliphatic carbocycles. The van der Waals surface area contributed by atoms with Gasteiger partial charge in [-0.3, -0.25) is 14.4 Å². The molecule has 0 saturated heterocycles. The van der Waals surface area contributed by atoms with E-state index < -0.39 is 41.9 Å². The summed E-state index contributed by atoms with van der Waals surface area (Å²) in [5, 5.41) is 23.0. The number of para-hydroxylation sites is 1. The van der Waals surface area contributed by atoms with Crippen LogP contribution in [0.5, 0.6) is 0 Å². The molecular formula is C16H17N3O6. The Kier molecular flexibility index (Phi) is 5.18. The van der Waals surface area contributed by atoms with Gasteiger partial charge in [-0.15, -0.1) is 0 Å². The zero-order valence-corrected chi connectivity index (χ0v) is 13.3. The first kappa shape index (κ1) is 18.1. The molecule has 0 spiro atoms. The van der Waals surface area contributed by atoms with E-state index in [0.717, 1.165) is 6.92 Å². The predicted octanol–water partition coefficient (Wildman–Crippen LogP) is -0.790. The number of H-pyrrole nitrogens is 1. The molecule has 0 aliphatic rings. The first-order valence-electron chi connectivity index (χ1n) is 7.33. The summed E-state index contributed by atoms with van der Waals surface area (Å²) in [6.45, 7) is 0.0389. The molecule has 0 aliphatic heterocycles. The maximum absolute atomic E-state index is 12.3. The Hall–Kier alpha value is -3.20. The summed E-state index contributed by atoms with van der Waals surface area (Å²) in [6.07, 6.45) is 1.26. The van der Waals surface area contributed by atoms with E-state index >= 15 is 0 Å². The van der Waals surface area contributed by atoms with Crippen LogP contribution < -0.4 is 16.1 Å². The molecule has 9 nitrogen and oxygen atoms in total. The summed E-state index contributed by atoms with van der Waals surface area (Å²) in [7, 11) is 0. The number of carbonyl (C=O) groups is 3. The first-order chi connectivity index (χ1) is 11.7. The van der Waals surface area contributed by atoms with Crippen molar-refractivity contribution in [2.45, 2.75) is 12.5 Å². The second-order valence-corrected chi connectivity index (χ2v) is 5.62. The number of hydrogen-bond donors (Lipinski definition) is 5. The third-order valence-electron chi connectivity index (χ3n) is 3.53. The summed E-state index contributed by atoms with van der Waals surface area (Å²) in [5.74, 6) is -2.93. The number of benzene rings is 1. The van der Waals surface area contributed by atoms with E-state index in [2.05, 4.69) is 15.6 Å². The molecule has 0 radical (unpaired) electrons. The van der Waals surface area contributed by atoms with Crippen LogP contribution in [0.4, 0.5) is 0 Å². The van der Waals surface area contributed by atoms with Crippen LogP contribution in [0.25, 0.3) is 10.9 Å². The van der Waals surface area contributed by atoms with E-state index in [1.54, 1.807) is 24.3 Å². The lowest BCUT2D eigenvalue weighted by molar-refractivity contribution is -0.156. The van der Waals surface area contributed by atoms with Gasteiger partial charge in [-0.1, -0.05) is 12.1 Å². The van der Waals surface area contributed by atoms with Crippen LogP contribution in [0.1, 0.15) is 17.3 Å². The number of aromatic nitrogens is 1. The van der Waals surface area contributed by atoms with Crippen molar-refractivity contribution in [2.75, 3.05) is 13.1 Å². The lowest BCUT2D eigenvalue weighted by atomic mass is 10.1. The summed E-state index contributed by atoms with van der Waals surface area (Å²) in [5.41, 5.74) is -2.15. The molecule has 5 N–H and O–H groups in total. The van der Waals surface area contributed by atoms with Crippen molar-refractivity contribution in [1.82, 2.24) is 15.6 Å². The predicted molar refractivity (Wildman–Crippen MR) is 88.2 cm³/mol. The highest BCUT2D eigenvalue weighted by Crippen LogP contribution is 2.06. The second-order valence-electron chi connectivity index (χ2n) is 5.62. The molecule has 2 amide bonds. The number of rotatable bonds is 6. The van der Waals surface area contributed by atoms with Crippen molar-refractivity contribution in [1.29, 1.82) is 0 Å². The van der Waals surface area contributed by atoms with Crippen LogP contribution in [-0.4, -0.2) is 51.7 Å². The number of carboxylic acid groups (broad SMARTS) is 1. The minimum absolute atomic E-state index is 0.149. The van der Waals surface area contributed by atoms with Crippen molar-refractivity contribution in [2.24, 2.45) is 0 Å². The van der Waals surface area contributed by atoms with Gasteiger partial charge in [0.1, 0.15) is 5.56 Å². The Bertz CT molecular complexity index is 887. The number of hydrogen-bond acceptors (Lipinski definition) is 5. The third-order valence-corrected chi connectivity index (χ3v) is 3.53. The molecule has 2 rings (SSSR count). The Morgan fingerprint density at radius 2 is 1.88 bits per heavy atom. The molecule has 1 atom stereocenters. The molecule has 1 unspecified atom stereocenters. The van der Waals surface area contributed by atoms with Crippen molar-refractivity contribution >= 4 is 28.7 Å². The molecule has 0 bridgehead atoms. The largest absolute Gasteiger partial charge is 0.479 e. The van der Waals surface area contributed by atoms with Gasteiger partial charge in [0.25, 0.3) is 5.91 Å². The molecule has 1 aromatic heterocycles. The molecule has 2 aromatic rings. The topological polar surface area (TPSA) is 149 Å². The van der Waals surface area contributed by atoms with E-state index in [0.29, 0.717) is 10.9 Å². The number of aliphatic hydroxyl groups is 1. The van der Waals surface area contributed by atoms with Crippen LogP contribution in [0.15, 0.2) is 35.3 Å². The van der Waals surface area contributed by atoms with Crippen LogP contribution >= 0.6 is 0 Å². The second kappa shape index (κ2) is 7.14. The molecule has 9 heteroatoms. The van der Waals surface area contributed by atoms with E-state index in [9.17, 15) is 24.3 Å². The standard InChI is InChI=1S/C16H17N3O6/c1-16(25,15(23)24)8-19-12(20)7-18-14(22)10-6-17-11-5-3-2-4-9(11)13(10)21/h2-6,25H,7-8H2,1H3,(H,17,21)(H,18,22)(H,19,20)(H,23,24). The summed E-state index contributed by atoms with van der Waals surface area (Å²) in [6, 6.07) is 6.68. The van der Waals surface area contributed by atoms with E-state index in [1.165, 1.54) is 6.20 Å². The highest BCUT2D eigenvalue weighted by molar-refractivity contribution is 5.98. The summed E-state index contributed by atoms with van der Waals surface area (Å²) < 4.78 is 0. The van der Waals surface area contributed by atoms with Crippen LogP contribution in [0.3, 0.4) is 0 Å². The van der Waals surface area contributed by atoms with Gasteiger partial charge in [0.2, 0.25) is 11.3 Å². The van der Waals surface area contributed by atoms with Crippen molar-refractivity contribution < 1.29 is 24.6 Å². The molecular weight excluding hydrogens is 330 g/mol. The minimum atomic E-state index is -2.12. The number of carboxylic acids is 1. The van der Waals surface area contributed by atoms with Gasteiger partial charge in [0, 0.05) is 17.1 Å². The quantitative estimate of drug-likeness (QED) is 0.462. The van der Waals surface area contributed by atoms with Gasteiger partial charge in [-0.2, -0.15) is 0 Å². The Morgan fingerprint density at radius 3 is 2.56 bits per heavy atom. The number of aromatic amines is 1. The zero-order valence-electron chi connectivity index (χ0n) is 13.3. The molecule has 1 aromatic carbocycles. The summed E-state index contributed by atoms with van der Waals surface area (Å²) in [4.78, 5) is 49.5. The number of pyridine rings is 1. The molecule has 1 heterocycles. The lowest BCUT2D eigenvalue weighted by Gasteiger charge is -2.18. The van der Waals surface area contributed by atoms with Gasteiger partial charge in [-0.25, -0.2) is 4.79 Å². The van der Waals surface area contributed by atoms with Gasteiger partial charge in [-0.05, 0) is 19.1 Å². The number of carbonyl (C=O) groups excluding carboxylic acids is 2. The fraction of sp³-hybridized carbons (Fsp3) is 0.250. The Balaban J connectivity index is 1.99. The average Bonchev–Trinajstić information content (AvgIpc) is 2.58. The maximum atomic E-state index is 12.3. The normalized spacial score (nSPS) is 13.0. The molecule has 0 saturated carbocycles. The number of fused-ring (bicyclic) bond motifs is 1. The van der Waals surface area contributed by atoms with Gasteiger partial charge >= 0.3 is 5.97 Å². The highest BCUT2D eigenvalue weighted by Gasteiger charge is 2.30. The van der Waals surface area contributed by atoms with Crippen LogP contribution in [0, 0.1) is 0 Å². The molecule has 25 heavy (non-hydrogen) atoms. The van der Waals surface area contributed by atoms with Gasteiger partial charge in [0.15, 0.2) is 5.60 Å². The van der Waals surface area contributed by atoms with Crippen molar-refractivity contribution in [3.05, 3.63) is 46.2 Å². The van der Waals surface area contributed by atoms with E-state index in [4.69, 9.17) is 5.11 Å². The van der Waals surface area contributed by atoms with Crippen molar-refractivity contribution in [3.63, 3.8) is 0 Å². The minimum Gasteiger partial charge on any atom is -0.479 e.